The van der Waals surface area contributed by atoms with Gasteiger partial charge in [-0.15, -0.1) is 0 Å². The molecule has 4 N–H and O–H groups in total. The summed E-state index contributed by atoms with van der Waals surface area (Å²) in [4.78, 5) is 26.5. The molecule has 0 aliphatic rings. The Labute approximate surface area is 86.7 Å². The zero-order chi connectivity index (χ0) is 11.3. The Balaban J connectivity index is 2.44. The first-order valence-electron chi connectivity index (χ1n) is 4.90. The molecule has 1 aromatic heterocycles. The van der Waals surface area contributed by atoms with Gasteiger partial charge in [0.2, 0.25) is 11.8 Å². The lowest BCUT2D eigenvalue weighted by Crippen LogP contribution is -2.26. The molecule has 0 saturated heterocycles. The second-order valence-corrected chi connectivity index (χ2v) is 3.29. The molecule has 1 rings (SSSR count). The van der Waals surface area contributed by atoms with E-state index in [-0.39, 0.29) is 23.9 Å². The lowest BCUT2D eigenvalue weighted by molar-refractivity contribution is -0.120. The summed E-state index contributed by atoms with van der Waals surface area (Å²) in [5.74, 6) is -0.486. The summed E-state index contributed by atoms with van der Waals surface area (Å²) in [5.41, 5.74) is -0.294. The number of aromatic nitrogens is 2. The fraction of sp³-hybridized carbons (Fsp3) is 0.556. The summed E-state index contributed by atoms with van der Waals surface area (Å²) in [7, 11) is 0. The third-order valence-corrected chi connectivity index (χ3v) is 1.97. The van der Waals surface area contributed by atoms with Crippen molar-refractivity contribution in [2.75, 3.05) is 6.54 Å². The maximum atomic E-state index is 11.3. The van der Waals surface area contributed by atoms with E-state index >= 15 is 0 Å². The third kappa shape index (κ3) is 3.49. The van der Waals surface area contributed by atoms with Crippen molar-refractivity contribution in [1.29, 1.82) is 0 Å². The minimum absolute atomic E-state index is 0.0196. The van der Waals surface area contributed by atoms with Crippen LogP contribution in [0.2, 0.25) is 0 Å². The van der Waals surface area contributed by atoms with Gasteiger partial charge < -0.3 is 15.4 Å². The Morgan fingerprint density at radius 1 is 1.47 bits per heavy atom. The van der Waals surface area contributed by atoms with E-state index in [1.807, 2.05) is 6.92 Å². The molecule has 6 nitrogen and oxygen atoms in total. The van der Waals surface area contributed by atoms with Crippen LogP contribution in [0, 0.1) is 0 Å². The largest absolute Gasteiger partial charge is 0.493 e. The summed E-state index contributed by atoms with van der Waals surface area (Å²) in [6.07, 6.45) is 1.90. The van der Waals surface area contributed by atoms with Crippen molar-refractivity contribution in [2.45, 2.75) is 26.2 Å². The van der Waals surface area contributed by atoms with Gasteiger partial charge >= 0.3 is 5.69 Å². The van der Waals surface area contributed by atoms with Gasteiger partial charge in [0.05, 0.1) is 12.1 Å². The fourth-order valence-corrected chi connectivity index (χ4v) is 1.17. The van der Waals surface area contributed by atoms with E-state index in [9.17, 15) is 14.7 Å². The predicted molar refractivity (Wildman–Crippen MR) is 54.7 cm³/mol. The molecule has 1 aromatic rings. The van der Waals surface area contributed by atoms with Crippen molar-refractivity contribution in [3.05, 3.63) is 16.2 Å². The molecule has 0 unspecified atom stereocenters. The zero-order valence-corrected chi connectivity index (χ0v) is 8.59. The van der Waals surface area contributed by atoms with Crippen LogP contribution in [0.1, 0.15) is 25.5 Å². The summed E-state index contributed by atoms with van der Waals surface area (Å²) in [6.45, 7) is 2.65. The van der Waals surface area contributed by atoms with Crippen LogP contribution in [-0.4, -0.2) is 27.5 Å². The fourth-order valence-electron chi connectivity index (χ4n) is 1.17. The molecular weight excluding hydrogens is 198 g/mol. The van der Waals surface area contributed by atoms with Gasteiger partial charge in [0, 0.05) is 6.54 Å². The van der Waals surface area contributed by atoms with Crippen LogP contribution in [0.5, 0.6) is 5.88 Å². The van der Waals surface area contributed by atoms with Crippen LogP contribution in [0.3, 0.4) is 0 Å². The van der Waals surface area contributed by atoms with E-state index in [1.165, 1.54) is 0 Å². The van der Waals surface area contributed by atoms with Crippen molar-refractivity contribution >= 4 is 5.91 Å². The number of rotatable bonds is 5. The third-order valence-electron chi connectivity index (χ3n) is 1.97. The molecule has 0 spiro atoms. The van der Waals surface area contributed by atoms with Crippen LogP contribution in [0.4, 0.5) is 0 Å². The first-order valence-corrected chi connectivity index (χ1v) is 4.90. The molecule has 84 valence electrons. The number of hydrogen-bond acceptors (Lipinski definition) is 3. The molecule has 0 aliphatic carbocycles. The standard InChI is InChI=1S/C9H15N3O3/c1-2-3-4-10-7(13)5-6-8(14)12-9(15)11-6/h14H,2-5H2,1H3,(H,10,13)(H2,11,12,15). The van der Waals surface area contributed by atoms with Crippen LogP contribution >= 0.6 is 0 Å². The number of unbranched alkanes of at least 4 members (excludes halogenated alkanes) is 1. The summed E-state index contributed by atoms with van der Waals surface area (Å²) < 4.78 is 0. The second-order valence-electron chi connectivity index (χ2n) is 3.29. The van der Waals surface area contributed by atoms with E-state index in [1.54, 1.807) is 0 Å². The molecule has 0 bridgehead atoms. The van der Waals surface area contributed by atoms with Gasteiger partial charge in [-0.25, -0.2) is 4.79 Å². The normalized spacial score (nSPS) is 10.2. The van der Waals surface area contributed by atoms with E-state index in [2.05, 4.69) is 15.3 Å². The quantitative estimate of drug-likeness (QED) is 0.513. The molecule has 15 heavy (non-hydrogen) atoms. The molecule has 0 fully saturated rings. The van der Waals surface area contributed by atoms with Crippen molar-refractivity contribution in [3.8, 4) is 5.88 Å². The molecule has 1 heterocycles. The highest BCUT2D eigenvalue weighted by atomic mass is 16.3. The molecule has 6 heteroatoms. The molecular formula is C9H15N3O3. The van der Waals surface area contributed by atoms with Crippen LogP contribution in [-0.2, 0) is 11.2 Å². The number of hydrogen-bond donors (Lipinski definition) is 4. The van der Waals surface area contributed by atoms with Crippen molar-refractivity contribution < 1.29 is 9.90 Å². The highest BCUT2D eigenvalue weighted by Crippen LogP contribution is 2.07. The van der Waals surface area contributed by atoms with Gasteiger partial charge in [0.25, 0.3) is 0 Å². The van der Waals surface area contributed by atoms with Crippen molar-refractivity contribution in [2.24, 2.45) is 0 Å². The SMILES string of the molecule is CCCCNC(=O)Cc1[nH]c(=O)[nH]c1O. The highest BCUT2D eigenvalue weighted by molar-refractivity contribution is 5.78. The first-order chi connectivity index (χ1) is 7.13. The van der Waals surface area contributed by atoms with Crippen LogP contribution in [0.25, 0.3) is 0 Å². The number of imidazole rings is 1. The molecule has 0 saturated carbocycles. The molecule has 0 aliphatic heterocycles. The second kappa shape index (κ2) is 5.23. The van der Waals surface area contributed by atoms with Crippen LogP contribution in [0.15, 0.2) is 4.79 Å². The Kier molecular flexibility index (Phi) is 3.96. The Bertz CT molecular complexity index is 380. The smallest absolute Gasteiger partial charge is 0.325 e. The Morgan fingerprint density at radius 3 is 2.73 bits per heavy atom. The number of H-pyrrole nitrogens is 2. The minimum atomic E-state index is -0.510. The highest BCUT2D eigenvalue weighted by Gasteiger charge is 2.09. The zero-order valence-electron chi connectivity index (χ0n) is 8.59. The Hall–Kier alpha value is -1.72. The monoisotopic (exact) mass is 213 g/mol. The molecule has 0 atom stereocenters. The minimum Gasteiger partial charge on any atom is -0.493 e. The van der Waals surface area contributed by atoms with Gasteiger partial charge in [-0.3, -0.25) is 9.78 Å². The van der Waals surface area contributed by atoms with E-state index < -0.39 is 5.69 Å². The van der Waals surface area contributed by atoms with Gasteiger partial charge in [-0.2, -0.15) is 0 Å². The van der Waals surface area contributed by atoms with E-state index in [4.69, 9.17) is 0 Å². The number of carbonyl (C=O) groups excluding carboxylic acids is 1. The first kappa shape index (κ1) is 11.4. The van der Waals surface area contributed by atoms with E-state index in [0.717, 1.165) is 12.8 Å². The number of amides is 1. The van der Waals surface area contributed by atoms with Gasteiger partial charge in [-0.05, 0) is 6.42 Å². The molecule has 1 amide bonds. The summed E-state index contributed by atoms with van der Waals surface area (Å²) in [5, 5.41) is 11.9. The molecule has 0 aromatic carbocycles. The number of carbonyl (C=O) groups is 1. The van der Waals surface area contributed by atoms with Gasteiger partial charge in [-0.1, -0.05) is 13.3 Å². The maximum absolute atomic E-state index is 11.3. The predicted octanol–water partition coefficient (Wildman–Crippen LogP) is -0.133. The van der Waals surface area contributed by atoms with Gasteiger partial charge in [0.15, 0.2) is 0 Å². The average molecular weight is 213 g/mol. The van der Waals surface area contributed by atoms with Crippen molar-refractivity contribution in [1.82, 2.24) is 15.3 Å². The van der Waals surface area contributed by atoms with Gasteiger partial charge in [0.1, 0.15) is 0 Å². The number of aromatic amines is 2. The lowest BCUT2D eigenvalue weighted by Gasteiger charge is -2.02. The van der Waals surface area contributed by atoms with Crippen molar-refractivity contribution in [3.63, 3.8) is 0 Å². The maximum Gasteiger partial charge on any atom is 0.325 e. The average Bonchev–Trinajstić information content (AvgIpc) is 2.45. The van der Waals surface area contributed by atoms with Crippen LogP contribution < -0.4 is 11.0 Å². The molecule has 0 radical (unpaired) electrons. The Morgan fingerprint density at radius 2 is 2.20 bits per heavy atom. The lowest BCUT2D eigenvalue weighted by atomic mass is 10.3. The van der Waals surface area contributed by atoms with E-state index in [0.29, 0.717) is 6.54 Å². The summed E-state index contributed by atoms with van der Waals surface area (Å²) >= 11 is 0. The summed E-state index contributed by atoms with van der Waals surface area (Å²) in [6, 6.07) is 0. The number of aromatic hydroxyl groups is 1. The number of nitrogens with one attached hydrogen (secondary N) is 3. The topological polar surface area (TPSA) is 98.0 Å².